The largest absolute Gasteiger partial charge is 0.508 e. The monoisotopic (exact) mass is 711 g/mol. The van der Waals surface area contributed by atoms with Gasteiger partial charge in [0.05, 0.1) is 42.3 Å². The summed E-state index contributed by atoms with van der Waals surface area (Å²) in [4.78, 5) is 79.6. The number of carbonyl (C=O) groups excluding carboxylic acids is 6. The zero-order valence-corrected chi connectivity index (χ0v) is 28.4. The fraction of sp³-hybridized carbons (Fsp3) is 0.529. The maximum atomic E-state index is 14.5. The lowest BCUT2D eigenvalue weighted by atomic mass is 9.54. The summed E-state index contributed by atoms with van der Waals surface area (Å²) in [7, 11) is 2.86. The number of likely N-dealkylation sites (N-methyl/N-ethyl adjacent to an activating group) is 1. The van der Waals surface area contributed by atoms with Crippen molar-refractivity contribution < 1.29 is 58.7 Å². The summed E-state index contributed by atoms with van der Waals surface area (Å²) in [5, 5.41) is 54.5. The van der Waals surface area contributed by atoms with Crippen LogP contribution in [0, 0.1) is 11.8 Å². The molecule has 0 bridgehead atoms. The molecule has 1 aromatic rings. The summed E-state index contributed by atoms with van der Waals surface area (Å²) < 4.78 is 11.9. The Morgan fingerprint density at radius 2 is 1.82 bits per heavy atom. The number of esters is 1. The molecule has 3 fully saturated rings. The molecule has 2 heterocycles. The fourth-order valence-electron chi connectivity index (χ4n) is 8.58. The molecule has 2 aliphatic heterocycles. The van der Waals surface area contributed by atoms with Crippen molar-refractivity contribution >= 4 is 46.8 Å². The van der Waals surface area contributed by atoms with Crippen LogP contribution in [0.3, 0.4) is 0 Å². The zero-order chi connectivity index (χ0) is 37.3. The molecule has 9 N–H and O–H groups in total. The summed E-state index contributed by atoms with van der Waals surface area (Å²) in [6.07, 6.45) is -0.688. The fourth-order valence-corrected chi connectivity index (χ4v) is 8.58. The molecule has 0 radical (unpaired) electrons. The highest BCUT2D eigenvalue weighted by Crippen LogP contribution is 2.58. The van der Waals surface area contributed by atoms with Gasteiger partial charge in [0.1, 0.15) is 28.9 Å². The zero-order valence-electron chi connectivity index (χ0n) is 28.4. The van der Waals surface area contributed by atoms with Crippen molar-refractivity contribution in [2.45, 2.75) is 81.4 Å². The van der Waals surface area contributed by atoms with Crippen molar-refractivity contribution in [1.82, 2.24) is 15.5 Å². The number of aliphatic hydroxyl groups excluding tert-OH is 2. The van der Waals surface area contributed by atoms with Crippen LogP contribution in [0.2, 0.25) is 0 Å². The van der Waals surface area contributed by atoms with Crippen molar-refractivity contribution in [2.75, 3.05) is 26.0 Å². The Morgan fingerprint density at radius 3 is 2.47 bits per heavy atom. The van der Waals surface area contributed by atoms with Gasteiger partial charge in [-0.3, -0.25) is 28.9 Å². The molecule has 0 aromatic heterocycles. The highest BCUT2D eigenvalue weighted by atomic mass is 16.5. The number of nitrogens with two attached hydrogens (primary N) is 1. The van der Waals surface area contributed by atoms with Crippen LogP contribution in [0.15, 0.2) is 29.0 Å². The number of hydrogen-bond acceptors (Lipinski definition) is 13. The number of nitrogens with one attached hydrogen (secondary N) is 3. The normalized spacial score (nSPS) is 32.5. The van der Waals surface area contributed by atoms with Crippen LogP contribution in [0.1, 0.15) is 56.6 Å². The van der Waals surface area contributed by atoms with Gasteiger partial charge in [-0.25, -0.2) is 4.79 Å². The number of Topliss-reactive ketones (excluding diaryl/α,β-unsaturated/α-hetero) is 2. The third kappa shape index (κ3) is 5.59. The average Bonchev–Trinajstić information content (AvgIpc) is 3.60. The van der Waals surface area contributed by atoms with E-state index in [1.165, 1.54) is 38.1 Å². The van der Waals surface area contributed by atoms with E-state index in [0.29, 0.717) is 25.9 Å². The number of carbonyl (C=O) groups is 6. The van der Waals surface area contributed by atoms with Crippen LogP contribution in [0.25, 0.3) is 5.76 Å². The van der Waals surface area contributed by atoms with Crippen molar-refractivity contribution in [3.8, 4) is 5.75 Å². The second-order valence-electron chi connectivity index (χ2n) is 14.0. The molecule has 51 heavy (non-hydrogen) atoms. The number of unbranched alkanes of at least 4 members (excludes halogenated alkanes) is 1. The quantitative estimate of drug-likeness (QED) is 0.0727. The first kappa shape index (κ1) is 35.8. The van der Waals surface area contributed by atoms with Crippen molar-refractivity contribution in [2.24, 2.45) is 17.6 Å². The van der Waals surface area contributed by atoms with Gasteiger partial charge in [0.15, 0.2) is 11.4 Å². The van der Waals surface area contributed by atoms with E-state index in [0.717, 1.165) is 0 Å². The lowest BCUT2D eigenvalue weighted by molar-refractivity contribution is -0.185. The van der Waals surface area contributed by atoms with Gasteiger partial charge in [0, 0.05) is 30.5 Å². The maximum absolute atomic E-state index is 14.5. The van der Waals surface area contributed by atoms with Crippen LogP contribution in [-0.2, 0) is 33.4 Å². The number of rotatable bonds is 9. The number of benzene rings is 1. The Bertz CT molecular complexity index is 1800. The number of ketones is 2. The summed E-state index contributed by atoms with van der Waals surface area (Å²) in [6.45, 7) is 3.21. The van der Waals surface area contributed by atoms with Crippen molar-refractivity contribution in [3.05, 3.63) is 40.2 Å². The van der Waals surface area contributed by atoms with Gasteiger partial charge < -0.3 is 51.6 Å². The topological polar surface area (TPSA) is 267 Å². The van der Waals surface area contributed by atoms with Crippen LogP contribution >= 0.6 is 0 Å². The third-order valence-corrected chi connectivity index (χ3v) is 10.7. The van der Waals surface area contributed by atoms with Gasteiger partial charge in [0.25, 0.3) is 5.91 Å². The van der Waals surface area contributed by atoms with E-state index < -0.39 is 93.3 Å². The number of aromatic hydroxyl groups is 1. The Hall–Kier alpha value is -5.00. The van der Waals surface area contributed by atoms with Gasteiger partial charge in [-0.1, -0.05) is 13.3 Å². The summed E-state index contributed by atoms with van der Waals surface area (Å²) in [5.41, 5.74) is 0.964. The second kappa shape index (κ2) is 13.0. The molecule has 5 aliphatic rings. The van der Waals surface area contributed by atoms with E-state index in [-0.39, 0.29) is 47.5 Å². The van der Waals surface area contributed by atoms with E-state index >= 15 is 0 Å². The smallest absolute Gasteiger partial charge is 0.315 e. The number of anilines is 1. The number of fused-ring (bicyclic) bond motifs is 4. The Kier molecular flexibility index (Phi) is 9.10. The molecule has 3 aliphatic carbocycles. The van der Waals surface area contributed by atoms with E-state index in [1.54, 1.807) is 6.92 Å². The number of amides is 4. The molecule has 9 atom stereocenters. The minimum Gasteiger partial charge on any atom is -0.508 e. The number of urea groups is 1. The summed E-state index contributed by atoms with van der Waals surface area (Å²) >= 11 is 0. The Balaban J connectivity index is 1.40. The van der Waals surface area contributed by atoms with Crippen LogP contribution in [0.4, 0.5) is 10.5 Å². The SMILES string of the molecule is CC(=O)Nc1ccc(O)c2c1C(C)C1C(=C2O)C(=O)C2(O)C(O)=C(C(N)=O)C(=O)C(N(C)C)C2C1OC(=O)CCCCC1OCC2NC(=O)NC21. The number of nitrogens with zero attached hydrogens (tertiary/aromatic N) is 1. The van der Waals surface area contributed by atoms with Crippen LogP contribution < -0.4 is 21.7 Å². The molecule has 17 heteroatoms. The summed E-state index contributed by atoms with van der Waals surface area (Å²) in [6, 6.07) is 0.444. The molecule has 0 spiro atoms. The van der Waals surface area contributed by atoms with Gasteiger partial charge in [-0.2, -0.15) is 0 Å². The molecule has 17 nitrogen and oxygen atoms in total. The number of hydrogen-bond donors (Lipinski definition) is 8. The number of primary amides is 1. The highest BCUT2D eigenvalue weighted by Gasteiger charge is 2.69. The Morgan fingerprint density at radius 1 is 1.12 bits per heavy atom. The molecule has 1 saturated carbocycles. The predicted molar refractivity (Wildman–Crippen MR) is 176 cm³/mol. The predicted octanol–water partition coefficient (Wildman–Crippen LogP) is 0.0143. The molecular formula is C34H41N5O12. The lowest BCUT2D eigenvalue weighted by Gasteiger charge is -2.54. The van der Waals surface area contributed by atoms with Gasteiger partial charge in [0.2, 0.25) is 11.7 Å². The van der Waals surface area contributed by atoms with E-state index in [2.05, 4.69) is 16.0 Å². The molecule has 4 amide bonds. The molecule has 9 unspecified atom stereocenters. The molecule has 6 rings (SSSR count). The molecule has 274 valence electrons. The molecule has 1 aromatic carbocycles. The summed E-state index contributed by atoms with van der Waals surface area (Å²) in [5.74, 6) is -11.5. The first-order valence-corrected chi connectivity index (χ1v) is 16.7. The van der Waals surface area contributed by atoms with E-state index in [9.17, 15) is 49.2 Å². The maximum Gasteiger partial charge on any atom is 0.315 e. The van der Waals surface area contributed by atoms with Gasteiger partial charge in [-0.05, 0) is 50.6 Å². The number of aliphatic hydroxyl groups is 3. The standard InChI is InChI=1S/C34H41N5O12/c1-12-19-14(36-13(2)40)9-10-16(41)21(19)27(43)22-20(12)29(51-18(42)8-6-5-7-17-25-15(11-50-17)37-33(48)38-25)24-26(39(3)4)28(44)23(32(35)47)31(46)34(24,49)30(22)45/h9-10,12,15,17,20,24-26,29,41,43,46,49H,5-8,11H2,1-4H3,(H2,35,47)(H,36,40)(H2,37,38,48). The highest BCUT2D eigenvalue weighted by molar-refractivity contribution is 6.24. The average molecular weight is 712 g/mol. The third-order valence-electron chi connectivity index (χ3n) is 10.7. The van der Waals surface area contributed by atoms with Crippen molar-refractivity contribution in [1.29, 1.82) is 0 Å². The van der Waals surface area contributed by atoms with Gasteiger partial charge >= 0.3 is 12.0 Å². The first-order valence-electron chi connectivity index (χ1n) is 16.7. The van der Waals surface area contributed by atoms with E-state index in [4.69, 9.17) is 15.2 Å². The minimum absolute atomic E-state index is 0.141. The number of ether oxygens (including phenoxy) is 2. The lowest BCUT2D eigenvalue weighted by Crippen LogP contribution is -2.71. The van der Waals surface area contributed by atoms with E-state index in [1.807, 2.05) is 0 Å². The first-order chi connectivity index (χ1) is 24.0. The van der Waals surface area contributed by atoms with Crippen molar-refractivity contribution in [3.63, 3.8) is 0 Å². The van der Waals surface area contributed by atoms with Crippen LogP contribution in [-0.4, -0.2) is 117 Å². The number of phenols is 1. The number of phenolic OH excluding ortho intramolecular Hbond substituents is 1. The molecule has 2 saturated heterocycles. The Labute approximate surface area is 291 Å². The minimum atomic E-state index is -3.09. The second-order valence-corrected chi connectivity index (χ2v) is 14.0. The van der Waals surface area contributed by atoms with Crippen LogP contribution in [0.5, 0.6) is 5.75 Å². The molecular weight excluding hydrogens is 670 g/mol. The van der Waals surface area contributed by atoms with Gasteiger partial charge in [-0.15, -0.1) is 0 Å².